The van der Waals surface area contributed by atoms with Crippen LogP contribution in [0.1, 0.15) is 19.4 Å². The van der Waals surface area contributed by atoms with E-state index in [-0.39, 0.29) is 18.9 Å². The number of esters is 1. The topological polar surface area (TPSA) is 103 Å². The van der Waals surface area contributed by atoms with Crippen LogP contribution < -0.4 is 20.1 Å². The summed E-state index contributed by atoms with van der Waals surface area (Å²) in [6, 6.07) is 2.74. The van der Waals surface area contributed by atoms with Crippen LogP contribution in [-0.4, -0.2) is 37.7 Å². The van der Waals surface area contributed by atoms with E-state index < -0.39 is 17.9 Å². The highest BCUT2D eigenvalue weighted by atomic mass is 79.9. The van der Waals surface area contributed by atoms with Gasteiger partial charge in [0.1, 0.15) is 5.70 Å². The number of nitrogens with one attached hydrogen (secondary N) is 2. The molecule has 2 N–H and O–H groups in total. The van der Waals surface area contributed by atoms with Gasteiger partial charge in [0.2, 0.25) is 0 Å². The average molecular weight is 413 g/mol. The predicted molar refractivity (Wildman–Crippen MR) is 92.1 cm³/mol. The first-order valence-corrected chi connectivity index (χ1v) is 8.32. The Morgan fingerprint density at radius 1 is 1.16 bits per heavy atom. The molecule has 0 saturated carbocycles. The molecule has 1 aliphatic rings. The summed E-state index contributed by atoms with van der Waals surface area (Å²) in [6.07, 6.45) is 1.50. The minimum atomic E-state index is -0.574. The van der Waals surface area contributed by atoms with E-state index in [9.17, 15) is 14.4 Å². The maximum Gasteiger partial charge on any atom is 0.344 e. The number of benzene rings is 1. The molecule has 0 aromatic heterocycles. The molecule has 1 fully saturated rings. The van der Waals surface area contributed by atoms with Gasteiger partial charge in [0, 0.05) is 0 Å². The fourth-order valence-electron chi connectivity index (χ4n) is 2.06. The number of hydrogen-bond acceptors (Lipinski definition) is 6. The summed E-state index contributed by atoms with van der Waals surface area (Å²) in [5.74, 6) is -0.273. The smallest absolute Gasteiger partial charge is 0.344 e. The summed E-state index contributed by atoms with van der Waals surface area (Å²) in [4.78, 5) is 34.2. The lowest BCUT2D eigenvalue weighted by Crippen LogP contribution is -2.22. The number of imide groups is 1. The van der Waals surface area contributed by atoms with Crippen molar-refractivity contribution in [3.05, 3.63) is 27.9 Å². The largest absolute Gasteiger partial charge is 0.490 e. The van der Waals surface area contributed by atoms with Gasteiger partial charge in [-0.2, -0.15) is 0 Å². The second-order valence-electron chi connectivity index (χ2n) is 4.82. The lowest BCUT2D eigenvalue weighted by molar-refractivity contribution is -0.145. The van der Waals surface area contributed by atoms with Crippen LogP contribution in [0, 0.1) is 0 Å². The van der Waals surface area contributed by atoms with Crippen LogP contribution in [0.2, 0.25) is 0 Å². The Morgan fingerprint density at radius 3 is 2.52 bits per heavy atom. The van der Waals surface area contributed by atoms with Crippen molar-refractivity contribution in [2.24, 2.45) is 0 Å². The van der Waals surface area contributed by atoms with Crippen LogP contribution in [0.4, 0.5) is 4.79 Å². The van der Waals surface area contributed by atoms with Gasteiger partial charge < -0.3 is 19.5 Å². The molecule has 1 aliphatic heterocycles. The fraction of sp³-hybridized carbons (Fsp3) is 0.312. The molecule has 0 atom stereocenters. The maximum absolute atomic E-state index is 11.6. The molecule has 2 rings (SSSR count). The van der Waals surface area contributed by atoms with Crippen molar-refractivity contribution in [3.63, 3.8) is 0 Å². The first kappa shape index (κ1) is 18.8. The Hall–Kier alpha value is -2.55. The third-order valence-corrected chi connectivity index (χ3v) is 3.59. The minimum absolute atomic E-state index is 0.125. The van der Waals surface area contributed by atoms with Crippen molar-refractivity contribution in [1.82, 2.24) is 10.6 Å². The van der Waals surface area contributed by atoms with E-state index in [0.29, 0.717) is 28.1 Å². The Morgan fingerprint density at radius 2 is 1.92 bits per heavy atom. The fourth-order valence-corrected chi connectivity index (χ4v) is 2.63. The standard InChI is InChI=1S/C16H17BrN2O6/c1-3-23-12-7-9(6-11-15(21)19-16(22)18-11)5-10(17)14(12)25-8-13(20)24-4-2/h5-7H,3-4,8H2,1-2H3,(H2,18,19,21,22)/b11-6+. The third-order valence-electron chi connectivity index (χ3n) is 3.00. The maximum atomic E-state index is 11.6. The predicted octanol–water partition coefficient (Wildman–Crippen LogP) is 1.97. The zero-order valence-corrected chi connectivity index (χ0v) is 15.3. The highest BCUT2D eigenvalue weighted by Crippen LogP contribution is 2.37. The second-order valence-corrected chi connectivity index (χ2v) is 5.68. The van der Waals surface area contributed by atoms with E-state index in [1.807, 2.05) is 0 Å². The molecule has 134 valence electrons. The summed E-state index contributed by atoms with van der Waals surface area (Å²) in [5, 5.41) is 4.53. The lowest BCUT2D eigenvalue weighted by atomic mass is 10.1. The Balaban J connectivity index is 2.27. The molecule has 0 aliphatic carbocycles. The summed E-state index contributed by atoms with van der Waals surface area (Å²) in [5.41, 5.74) is 0.728. The molecule has 9 heteroatoms. The van der Waals surface area contributed by atoms with Gasteiger partial charge in [-0.15, -0.1) is 0 Å². The summed E-state index contributed by atoms with van der Waals surface area (Å²) < 4.78 is 16.4. The number of carbonyl (C=O) groups excluding carboxylic acids is 3. The molecule has 1 heterocycles. The van der Waals surface area contributed by atoms with Crippen LogP contribution in [0.15, 0.2) is 22.3 Å². The van der Waals surface area contributed by atoms with Gasteiger partial charge in [-0.25, -0.2) is 9.59 Å². The summed E-state index contributed by atoms with van der Waals surface area (Å²) >= 11 is 3.36. The van der Waals surface area contributed by atoms with Crippen LogP contribution in [-0.2, 0) is 14.3 Å². The van der Waals surface area contributed by atoms with Crippen molar-refractivity contribution >= 4 is 39.9 Å². The van der Waals surface area contributed by atoms with Crippen molar-refractivity contribution < 1.29 is 28.6 Å². The quantitative estimate of drug-likeness (QED) is 0.403. The SMILES string of the molecule is CCOC(=O)COc1c(Br)cc(/C=C2/NC(=O)NC2=O)cc1OCC. The molecule has 3 amide bonds. The van der Waals surface area contributed by atoms with Gasteiger partial charge in [0.15, 0.2) is 18.1 Å². The Bertz CT molecular complexity index is 732. The van der Waals surface area contributed by atoms with Crippen molar-refractivity contribution in [3.8, 4) is 11.5 Å². The first-order chi connectivity index (χ1) is 11.9. The van der Waals surface area contributed by atoms with Gasteiger partial charge >= 0.3 is 12.0 Å². The van der Waals surface area contributed by atoms with Gasteiger partial charge in [0.25, 0.3) is 5.91 Å². The molecule has 0 unspecified atom stereocenters. The molecule has 0 radical (unpaired) electrons. The zero-order valence-electron chi connectivity index (χ0n) is 13.7. The molecular weight excluding hydrogens is 396 g/mol. The second kappa shape index (κ2) is 8.52. The molecule has 1 saturated heterocycles. The van der Waals surface area contributed by atoms with Crippen molar-refractivity contribution in [2.75, 3.05) is 19.8 Å². The molecule has 1 aromatic carbocycles. The summed E-state index contributed by atoms with van der Waals surface area (Å²) in [6.45, 7) is 3.89. The summed E-state index contributed by atoms with van der Waals surface area (Å²) in [7, 11) is 0. The molecule has 25 heavy (non-hydrogen) atoms. The van der Waals surface area contributed by atoms with E-state index in [1.165, 1.54) is 6.08 Å². The monoisotopic (exact) mass is 412 g/mol. The number of ether oxygens (including phenoxy) is 3. The molecule has 0 bridgehead atoms. The van der Waals surface area contributed by atoms with E-state index in [1.54, 1.807) is 26.0 Å². The van der Waals surface area contributed by atoms with E-state index in [0.717, 1.165) is 0 Å². The molecule has 0 spiro atoms. The number of halogens is 1. The number of carbonyl (C=O) groups is 3. The zero-order chi connectivity index (χ0) is 18.4. The Kier molecular flexibility index (Phi) is 6.40. The van der Waals surface area contributed by atoms with E-state index in [4.69, 9.17) is 14.2 Å². The third kappa shape index (κ3) is 4.96. The van der Waals surface area contributed by atoms with Crippen molar-refractivity contribution in [2.45, 2.75) is 13.8 Å². The molecule has 1 aromatic rings. The highest BCUT2D eigenvalue weighted by Gasteiger charge is 2.23. The number of hydrogen-bond donors (Lipinski definition) is 2. The minimum Gasteiger partial charge on any atom is -0.490 e. The van der Waals surface area contributed by atoms with Gasteiger partial charge in [-0.05, 0) is 53.5 Å². The number of urea groups is 1. The van der Waals surface area contributed by atoms with Crippen molar-refractivity contribution in [1.29, 1.82) is 0 Å². The van der Waals surface area contributed by atoms with E-state index in [2.05, 4.69) is 26.6 Å². The number of amides is 3. The van der Waals surface area contributed by atoms with Crippen LogP contribution >= 0.6 is 15.9 Å². The van der Waals surface area contributed by atoms with Crippen LogP contribution in [0.5, 0.6) is 11.5 Å². The molecular formula is C16H17BrN2O6. The van der Waals surface area contributed by atoms with Gasteiger partial charge in [0.05, 0.1) is 17.7 Å². The lowest BCUT2D eigenvalue weighted by Gasteiger charge is -2.14. The number of rotatable bonds is 7. The average Bonchev–Trinajstić information content (AvgIpc) is 2.84. The molecule has 8 nitrogen and oxygen atoms in total. The first-order valence-electron chi connectivity index (χ1n) is 7.53. The van der Waals surface area contributed by atoms with Crippen LogP contribution in [0.3, 0.4) is 0 Å². The normalized spacial score (nSPS) is 14.9. The van der Waals surface area contributed by atoms with E-state index >= 15 is 0 Å². The van der Waals surface area contributed by atoms with Gasteiger partial charge in [-0.3, -0.25) is 10.1 Å². The van der Waals surface area contributed by atoms with Crippen LogP contribution in [0.25, 0.3) is 6.08 Å². The van der Waals surface area contributed by atoms with Gasteiger partial charge in [-0.1, -0.05) is 0 Å². The Labute approximate surface area is 152 Å². The highest BCUT2D eigenvalue weighted by molar-refractivity contribution is 9.10.